The fraction of sp³-hybridized carbons (Fsp3) is 0.484. The van der Waals surface area contributed by atoms with Crippen molar-refractivity contribution in [1.29, 1.82) is 0 Å². The van der Waals surface area contributed by atoms with Gasteiger partial charge in [-0.25, -0.2) is 14.5 Å². The van der Waals surface area contributed by atoms with Crippen molar-refractivity contribution in [3.8, 4) is 5.75 Å². The first-order chi connectivity index (χ1) is 21.6. The SMILES string of the molecule is C[C@H](N[P@](=S)(OC[C@]1(F)C[C@H](C)[C@H](n2cnc3c(N(C)C)nc(N)nc32)O1)Oc1cccc2ccccc12)C(=O)OCC(C)(C)C. The molecule has 0 saturated carbocycles. The van der Waals surface area contributed by atoms with Crippen molar-refractivity contribution in [1.82, 2.24) is 24.6 Å². The topological polar surface area (TPSA) is 139 Å². The zero-order valence-corrected chi connectivity index (χ0v) is 28.8. The Kier molecular flexibility index (Phi) is 9.59. The number of carbonyl (C=O) groups is 1. The summed E-state index contributed by atoms with van der Waals surface area (Å²) >= 11 is 5.91. The van der Waals surface area contributed by atoms with E-state index in [4.69, 9.17) is 36.1 Å². The first-order valence-electron chi connectivity index (χ1n) is 15.0. The number of nitrogen functional groups attached to an aromatic ring is 1. The predicted octanol–water partition coefficient (Wildman–Crippen LogP) is 5.74. The number of esters is 1. The van der Waals surface area contributed by atoms with Crippen LogP contribution in [0.3, 0.4) is 0 Å². The first-order valence-corrected chi connectivity index (χ1v) is 17.6. The van der Waals surface area contributed by atoms with Crippen LogP contribution in [-0.2, 0) is 30.6 Å². The smallest absolute Gasteiger partial charge is 0.323 e. The molecule has 0 aliphatic carbocycles. The van der Waals surface area contributed by atoms with Crippen molar-refractivity contribution in [3.63, 3.8) is 0 Å². The van der Waals surface area contributed by atoms with E-state index in [1.807, 2.05) is 78.2 Å². The lowest BCUT2D eigenvalue weighted by Gasteiger charge is -2.30. The molecule has 1 aliphatic heterocycles. The highest BCUT2D eigenvalue weighted by atomic mass is 32.5. The summed E-state index contributed by atoms with van der Waals surface area (Å²) in [7, 11) is 3.64. The molecule has 2 aromatic heterocycles. The number of rotatable bonds is 11. The molecule has 46 heavy (non-hydrogen) atoms. The fourth-order valence-electron chi connectivity index (χ4n) is 5.18. The highest BCUT2D eigenvalue weighted by molar-refractivity contribution is 8.09. The van der Waals surface area contributed by atoms with Crippen LogP contribution in [0.15, 0.2) is 48.8 Å². The maximum Gasteiger partial charge on any atom is 0.323 e. The van der Waals surface area contributed by atoms with Gasteiger partial charge in [0.15, 0.2) is 17.0 Å². The van der Waals surface area contributed by atoms with Gasteiger partial charge in [-0.2, -0.15) is 9.97 Å². The van der Waals surface area contributed by atoms with Crippen LogP contribution in [0.2, 0.25) is 0 Å². The van der Waals surface area contributed by atoms with Gasteiger partial charge in [0.05, 0.1) is 12.9 Å². The number of halogens is 1. The average Bonchev–Trinajstić information content (AvgIpc) is 3.53. The number of alkyl halides is 1. The molecule has 1 aliphatic rings. The Morgan fingerprint density at radius 1 is 1.26 bits per heavy atom. The van der Waals surface area contributed by atoms with Gasteiger partial charge < -0.3 is 29.2 Å². The molecule has 4 aromatic rings. The Labute approximate surface area is 273 Å². The molecule has 12 nitrogen and oxygen atoms in total. The van der Waals surface area contributed by atoms with E-state index < -0.39 is 37.3 Å². The molecular formula is C31H41FN7O5PS. The second-order valence-electron chi connectivity index (χ2n) is 13.1. The average molecular weight is 674 g/mol. The van der Waals surface area contributed by atoms with E-state index in [2.05, 4.69) is 20.0 Å². The second-order valence-corrected chi connectivity index (χ2v) is 16.2. The first kappa shape index (κ1) is 33.9. The molecule has 0 amide bonds. The minimum Gasteiger partial charge on any atom is -0.464 e. The second kappa shape index (κ2) is 13.0. The van der Waals surface area contributed by atoms with Gasteiger partial charge in [0.25, 0.3) is 0 Å². The Morgan fingerprint density at radius 2 is 1.98 bits per heavy atom. The number of ether oxygens (including phenoxy) is 2. The minimum atomic E-state index is -3.58. The summed E-state index contributed by atoms with van der Waals surface area (Å²) in [6, 6.07) is 12.3. The number of benzene rings is 2. The molecular weight excluding hydrogens is 632 g/mol. The molecule has 1 saturated heterocycles. The van der Waals surface area contributed by atoms with Crippen molar-refractivity contribution in [2.24, 2.45) is 11.3 Å². The molecule has 248 valence electrons. The quantitative estimate of drug-likeness (QED) is 0.148. The highest BCUT2D eigenvalue weighted by Crippen LogP contribution is 2.51. The zero-order chi connectivity index (χ0) is 33.4. The summed E-state index contributed by atoms with van der Waals surface area (Å²) in [5.41, 5.74) is 6.69. The Morgan fingerprint density at radius 3 is 2.70 bits per heavy atom. The van der Waals surface area contributed by atoms with Gasteiger partial charge in [-0.1, -0.05) is 64.1 Å². The van der Waals surface area contributed by atoms with Crippen molar-refractivity contribution in [2.45, 2.75) is 59.2 Å². The Balaban J connectivity index is 1.39. The molecule has 2 aromatic carbocycles. The number of nitrogens with one attached hydrogen (secondary N) is 1. The summed E-state index contributed by atoms with van der Waals surface area (Å²) < 4.78 is 42.1. The van der Waals surface area contributed by atoms with E-state index >= 15 is 4.39 Å². The van der Waals surface area contributed by atoms with Crippen LogP contribution in [0, 0.1) is 11.3 Å². The van der Waals surface area contributed by atoms with E-state index in [0.717, 1.165) is 10.8 Å². The lowest BCUT2D eigenvalue weighted by atomic mass is 9.99. The van der Waals surface area contributed by atoms with Gasteiger partial charge in [0.1, 0.15) is 24.6 Å². The lowest BCUT2D eigenvalue weighted by Crippen LogP contribution is -2.38. The largest absolute Gasteiger partial charge is 0.464 e. The normalized spacial score (nSPS) is 22.1. The number of anilines is 2. The van der Waals surface area contributed by atoms with Crippen LogP contribution in [0.1, 0.15) is 47.3 Å². The maximum absolute atomic E-state index is 16.5. The molecule has 0 radical (unpaired) electrons. The van der Waals surface area contributed by atoms with Crippen molar-refractivity contribution >= 4 is 58.1 Å². The van der Waals surface area contributed by atoms with Gasteiger partial charge >= 0.3 is 12.6 Å². The van der Waals surface area contributed by atoms with Crippen molar-refractivity contribution < 1.29 is 27.7 Å². The number of imidazole rings is 1. The monoisotopic (exact) mass is 673 g/mol. The summed E-state index contributed by atoms with van der Waals surface area (Å²) in [6.45, 7) is 5.43. The van der Waals surface area contributed by atoms with Crippen molar-refractivity contribution in [2.75, 3.05) is 37.9 Å². The Bertz CT molecular complexity index is 1780. The van der Waals surface area contributed by atoms with Gasteiger partial charge in [0, 0.05) is 31.8 Å². The molecule has 5 rings (SSSR count). The van der Waals surface area contributed by atoms with Crippen LogP contribution >= 0.6 is 6.64 Å². The van der Waals surface area contributed by atoms with Crippen molar-refractivity contribution in [3.05, 3.63) is 48.8 Å². The molecule has 0 spiro atoms. The summed E-state index contributed by atoms with van der Waals surface area (Å²) in [4.78, 5) is 27.8. The van der Waals surface area contributed by atoms with Crippen LogP contribution in [0.4, 0.5) is 16.2 Å². The molecule has 0 unspecified atom stereocenters. The molecule has 3 N–H and O–H groups in total. The standard InChI is InChI=1S/C31H41FN7O5PS/c1-19-15-31(32,43-27(19)39-18-34-24-25(38(6)7)35-29(33)36-26(24)39)17-42-45(46,37-20(2)28(40)41-16-30(3,4)5)44-23-14-10-12-21-11-8-9-13-22(21)23/h8-14,18-20,27H,15-17H2,1-7H3,(H,37,46)(H2,33,35,36)/t19-,20-,27+,31-,45-/m0/s1. The summed E-state index contributed by atoms with van der Waals surface area (Å²) in [5.74, 6) is -2.04. The summed E-state index contributed by atoms with van der Waals surface area (Å²) in [5, 5.41) is 4.73. The van der Waals surface area contributed by atoms with Gasteiger partial charge in [-0.05, 0) is 35.6 Å². The van der Waals surface area contributed by atoms with E-state index in [9.17, 15) is 4.79 Å². The van der Waals surface area contributed by atoms with Gasteiger partial charge in [0.2, 0.25) is 11.8 Å². The molecule has 3 heterocycles. The number of hydrogen-bond donors (Lipinski definition) is 2. The number of nitrogens with two attached hydrogens (primary N) is 1. The molecule has 1 fully saturated rings. The third-order valence-electron chi connectivity index (χ3n) is 7.33. The van der Waals surface area contributed by atoms with Gasteiger partial charge in [-0.3, -0.25) is 9.36 Å². The number of fused-ring (bicyclic) bond motifs is 2. The molecule has 0 bridgehead atoms. The molecule has 15 heteroatoms. The van der Waals surface area contributed by atoms with Gasteiger partial charge in [-0.15, -0.1) is 0 Å². The maximum atomic E-state index is 16.5. The van der Waals surface area contributed by atoms with Crippen LogP contribution in [0.5, 0.6) is 5.75 Å². The molecule has 5 atom stereocenters. The Hall–Kier alpha value is -3.42. The number of carbonyl (C=O) groups excluding carboxylic acids is 1. The number of aromatic nitrogens is 4. The lowest BCUT2D eigenvalue weighted by molar-refractivity contribution is -0.172. The van der Waals surface area contributed by atoms with E-state index in [0.29, 0.717) is 22.7 Å². The van der Waals surface area contributed by atoms with E-state index in [1.165, 1.54) is 0 Å². The third-order valence-corrected chi connectivity index (χ3v) is 9.80. The number of nitrogens with zero attached hydrogens (tertiary/aromatic N) is 5. The minimum absolute atomic E-state index is 0.00871. The van der Waals surface area contributed by atoms with E-state index in [-0.39, 0.29) is 30.3 Å². The fourth-order valence-corrected chi connectivity index (χ4v) is 7.59. The highest BCUT2D eigenvalue weighted by Gasteiger charge is 2.48. The predicted molar refractivity (Wildman–Crippen MR) is 180 cm³/mol. The van der Waals surface area contributed by atoms with Crippen LogP contribution in [-0.4, -0.2) is 64.7 Å². The van der Waals surface area contributed by atoms with E-state index in [1.54, 1.807) is 28.8 Å². The third kappa shape index (κ3) is 7.58. The van der Waals surface area contributed by atoms with Crippen LogP contribution in [0.25, 0.3) is 21.9 Å². The summed E-state index contributed by atoms with van der Waals surface area (Å²) in [6.07, 6.45) is 0.768. The zero-order valence-electron chi connectivity index (χ0n) is 27.1. The van der Waals surface area contributed by atoms with Crippen LogP contribution < -0.4 is 20.2 Å². The number of hydrogen-bond acceptors (Lipinski definition) is 11.